The third-order valence-corrected chi connectivity index (χ3v) is 2.37. The highest BCUT2D eigenvalue weighted by Crippen LogP contribution is 2.27. The lowest BCUT2D eigenvalue weighted by Crippen LogP contribution is -2.19. The van der Waals surface area contributed by atoms with Crippen LogP contribution in [-0.2, 0) is 0 Å². The smallest absolute Gasteiger partial charge is 0.266 e. The van der Waals surface area contributed by atoms with Crippen LogP contribution < -0.4 is 5.56 Å². The van der Waals surface area contributed by atoms with E-state index in [1.165, 1.54) is 12.8 Å². The number of aromatic amines is 1. The predicted molar refractivity (Wildman–Crippen MR) is 42.6 cm³/mol. The van der Waals surface area contributed by atoms with Crippen molar-refractivity contribution in [3.63, 3.8) is 0 Å². The monoisotopic (exact) mass is 152 g/mol. The highest BCUT2D eigenvalue weighted by molar-refractivity contribution is 4.85. The Hall–Kier alpha value is -0.990. The molecule has 1 fully saturated rings. The Kier molecular flexibility index (Phi) is 1.56. The number of aromatic nitrogens is 2. The van der Waals surface area contributed by atoms with Gasteiger partial charge in [0.25, 0.3) is 5.56 Å². The average Bonchev–Trinajstić information content (AvgIpc) is 2.55. The summed E-state index contributed by atoms with van der Waals surface area (Å²) < 4.78 is 1.74. The van der Waals surface area contributed by atoms with Crippen molar-refractivity contribution < 1.29 is 0 Å². The van der Waals surface area contributed by atoms with Gasteiger partial charge in [-0.05, 0) is 12.8 Å². The summed E-state index contributed by atoms with van der Waals surface area (Å²) in [5.74, 6) is 0. The lowest BCUT2D eigenvalue weighted by Gasteiger charge is -2.08. The molecule has 0 amide bonds. The van der Waals surface area contributed by atoms with Crippen molar-refractivity contribution in [3.05, 3.63) is 22.6 Å². The molecule has 0 saturated heterocycles. The van der Waals surface area contributed by atoms with Crippen LogP contribution in [0.15, 0.2) is 17.1 Å². The lowest BCUT2D eigenvalue weighted by atomic mass is 10.3. The first-order chi connectivity index (χ1) is 5.38. The van der Waals surface area contributed by atoms with Gasteiger partial charge in [-0.25, -0.2) is 0 Å². The molecule has 0 bridgehead atoms. The summed E-state index contributed by atoms with van der Waals surface area (Å²) in [6.45, 7) is 0. The van der Waals surface area contributed by atoms with Gasteiger partial charge in [-0.15, -0.1) is 0 Å². The molecule has 0 radical (unpaired) electrons. The normalized spacial score (nSPS) is 19.3. The highest BCUT2D eigenvalue weighted by Gasteiger charge is 2.17. The zero-order valence-electron chi connectivity index (χ0n) is 6.42. The Balaban J connectivity index is 2.28. The van der Waals surface area contributed by atoms with E-state index >= 15 is 0 Å². The number of nitrogens with one attached hydrogen (secondary N) is 1. The van der Waals surface area contributed by atoms with Gasteiger partial charge in [-0.1, -0.05) is 12.8 Å². The molecule has 1 saturated carbocycles. The molecule has 0 unspecified atom stereocenters. The van der Waals surface area contributed by atoms with Crippen LogP contribution >= 0.6 is 0 Å². The van der Waals surface area contributed by atoms with Gasteiger partial charge in [-0.2, -0.15) is 0 Å². The second-order valence-corrected chi connectivity index (χ2v) is 3.11. The topological polar surface area (TPSA) is 37.8 Å². The SMILES string of the molecule is O=c1cc[nH]n1C1CCCC1. The molecule has 1 N–H and O–H groups in total. The number of hydrogen-bond acceptors (Lipinski definition) is 1. The Morgan fingerprint density at radius 1 is 1.45 bits per heavy atom. The summed E-state index contributed by atoms with van der Waals surface area (Å²) in [5.41, 5.74) is 0.108. The summed E-state index contributed by atoms with van der Waals surface area (Å²) in [7, 11) is 0. The minimum Gasteiger partial charge on any atom is -0.303 e. The molecule has 0 aromatic carbocycles. The maximum absolute atomic E-state index is 11.1. The molecule has 1 aromatic rings. The number of hydrogen-bond donors (Lipinski definition) is 1. The Morgan fingerprint density at radius 2 is 2.18 bits per heavy atom. The van der Waals surface area contributed by atoms with E-state index in [0.29, 0.717) is 6.04 Å². The van der Waals surface area contributed by atoms with Crippen LogP contribution in [0.5, 0.6) is 0 Å². The van der Waals surface area contributed by atoms with E-state index in [0.717, 1.165) is 12.8 Å². The third kappa shape index (κ3) is 1.11. The van der Waals surface area contributed by atoms with Gasteiger partial charge in [0.2, 0.25) is 0 Å². The van der Waals surface area contributed by atoms with Crippen LogP contribution in [0.25, 0.3) is 0 Å². The van der Waals surface area contributed by atoms with Gasteiger partial charge in [0, 0.05) is 12.3 Å². The zero-order valence-corrected chi connectivity index (χ0v) is 6.42. The van der Waals surface area contributed by atoms with Crippen molar-refractivity contribution in [2.45, 2.75) is 31.7 Å². The van der Waals surface area contributed by atoms with Gasteiger partial charge in [0.15, 0.2) is 0 Å². The van der Waals surface area contributed by atoms with Crippen molar-refractivity contribution in [3.8, 4) is 0 Å². The van der Waals surface area contributed by atoms with Crippen molar-refractivity contribution in [1.82, 2.24) is 9.78 Å². The standard InChI is InChI=1S/C8H12N2O/c11-8-5-6-9-10(8)7-3-1-2-4-7/h5-7,9H,1-4H2. The minimum absolute atomic E-state index is 0.108. The van der Waals surface area contributed by atoms with Crippen molar-refractivity contribution >= 4 is 0 Å². The van der Waals surface area contributed by atoms with Crippen LogP contribution in [0.4, 0.5) is 0 Å². The van der Waals surface area contributed by atoms with Gasteiger partial charge in [0.05, 0.1) is 6.04 Å². The molecule has 0 atom stereocenters. The van der Waals surface area contributed by atoms with Crippen LogP contribution in [0.2, 0.25) is 0 Å². The number of nitrogens with zero attached hydrogens (tertiary/aromatic N) is 1. The average molecular weight is 152 g/mol. The Morgan fingerprint density at radius 3 is 2.73 bits per heavy atom. The lowest BCUT2D eigenvalue weighted by molar-refractivity contribution is 0.454. The maximum Gasteiger partial charge on any atom is 0.266 e. The second-order valence-electron chi connectivity index (χ2n) is 3.11. The summed E-state index contributed by atoms with van der Waals surface area (Å²) in [6.07, 6.45) is 6.54. The molecule has 2 rings (SSSR count). The van der Waals surface area contributed by atoms with E-state index in [2.05, 4.69) is 5.10 Å². The Bertz CT molecular complexity index is 280. The van der Waals surface area contributed by atoms with E-state index < -0.39 is 0 Å². The first-order valence-corrected chi connectivity index (χ1v) is 4.14. The van der Waals surface area contributed by atoms with Crippen LogP contribution in [0, 0.1) is 0 Å². The molecule has 1 aromatic heterocycles. The zero-order chi connectivity index (χ0) is 7.68. The van der Waals surface area contributed by atoms with E-state index in [-0.39, 0.29) is 5.56 Å². The molecule has 3 heteroatoms. The van der Waals surface area contributed by atoms with E-state index in [4.69, 9.17) is 0 Å². The summed E-state index contributed by atoms with van der Waals surface area (Å²) in [6, 6.07) is 2.02. The molecule has 1 heterocycles. The maximum atomic E-state index is 11.1. The molecule has 0 spiro atoms. The van der Waals surface area contributed by atoms with Crippen LogP contribution in [0.1, 0.15) is 31.7 Å². The summed E-state index contributed by atoms with van der Waals surface area (Å²) in [5, 5.41) is 2.95. The molecule has 3 nitrogen and oxygen atoms in total. The summed E-state index contributed by atoms with van der Waals surface area (Å²) in [4.78, 5) is 11.1. The van der Waals surface area contributed by atoms with Gasteiger partial charge >= 0.3 is 0 Å². The quantitative estimate of drug-likeness (QED) is 0.647. The molecular weight excluding hydrogens is 140 g/mol. The predicted octanol–water partition coefficient (Wildman–Crippen LogP) is 1.29. The van der Waals surface area contributed by atoms with E-state index in [1.807, 2.05) is 0 Å². The number of H-pyrrole nitrogens is 1. The Labute approximate surface area is 65.0 Å². The largest absolute Gasteiger partial charge is 0.303 e. The van der Waals surface area contributed by atoms with E-state index in [1.54, 1.807) is 16.9 Å². The molecule has 11 heavy (non-hydrogen) atoms. The first-order valence-electron chi connectivity index (χ1n) is 4.14. The fraction of sp³-hybridized carbons (Fsp3) is 0.625. The molecule has 1 aliphatic rings. The first kappa shape index (κ1) is 6.70. The number of rotatable bonds is 1. The minimum atomic E-state index is 0.108. The highest BCUT2D eigenvalue weighted by atomic mass is 16.1. The molecule has 0 aliphatic heterocycles. The van der Waals surface area contributed by atoms with Crippen molar-refractivity contribution in [2.75, 3.05) is 0 Å². The van der Waals surface area contributed by atoms with E-state index in [9.17, 15) is 4.79 Å². The fourth-order valence-corrected chi connectivity index (χ4v) is 1.78. The van der Waals surface area contributed by atoms with Crippen molar-refractivity contribution in [1.29, 1.82) is 0 Å². The van der Waals surface area contributed by atoms with Crippen LogP contribution in [-0.4, -0.2) is 9.78 Å². The van der Waals surface area contributed by atoms with Gasteiger partial charge in [-0.3, -0.25) is 9.48 Å². The molecule has 1 aliphatic carbocycles. The van der Waals surface area contributed by atoms with Gasteiger partial charge < -0.3 is 5.10 Å². The molecule has 60 valence electrons. The van der Waals surface area contributed by atoms with Gasteiger partial charge in [0.1, 0.15) is 0 Å². The fourth-order valence-electron chi connectivity index (χ4n) is 1.78. The second kappa shape index (κ2) is 2.57. The van der Waals surface area contributed by atoms with Crippen LogP contribution in [0.3, 0.4) is 0 Å². The third-order valence-electron chi connectivity index (χ3n) is 2.37. The van der Waals surface area contributed by atoms with Crippen molar-refractivity contribution in [2.24, 2.45) is 0 Å². The summed E-state index contributed by atoms with van der Waals surface area (Å²) >= 11 is 0. The molecular formula is C8H12N2O.